The van der Waals surface area contributed by atoms with Gasteiger partial charge in [-0.15, -0.1) is 11.8 Å². The third kappa shape index (κ3) is 7.19. The largest absolute Gasteiger partial charge is 0.381 e. The fraction of sp³-hybridized carbons (Fsp3) is 0.625. The van der Waals surface area contributed by atoms with Crippen LogP contribution in [0.1, 0.15) is 53.5 Å². The average molecular weight is 479 g/mol. The standard InChI is InChI=1S/C24H38N4O4S/c1-7-16(25)20(30)26-17(13-15-11-9-8-10-12-15)18(29)22(32)28-14-33-24(5,6)19(28)21(31)27-23(2,3)4/h8-12,16-19,29H,7,13-14,25H2,1-6H3,(H,26,30)(H,27,31)/t16?,17-,18-,19?/m0/s1. The second-order valence-electron chi connectivity index (χ2n) is 10.1. The predicted molar refractivity (Wildman–Crippen MR) is 131 cm³/mol. The highest BCUT2D eigenvalue weighted by atomic mass is 32.2. The second kappa shape index (κ2) is 10.9. The molecule has 1 aliphatic heterocycles. The van der Waals surface area contributed by atoms with E-state index in [4.69, 9.17) is 5.73 Å². The lowest BCUT2D eigenvalue weighted by Gasteiger charge is -2.35. The molecule has 9 heteroatoms. The molecule has 1 aliphatic rings. The van der Waals surface area contributed by atoms with E-state index in [-0.39, 0.29) is 18.2 Å². The number of hydrogen-bond donors (Lipinski definition) is 4. The summed E-state index contributed by atoms with van der Waals surface area (Å²) in [5.74, 6) is -1.02. The number of aliphatic hydroxyl groups excluding tert-OH is 1. The van der Waals surface area contributed by atoms with Crippen molar-refractivity contribution >= 4 is 29.5 Å². The summed E-state index contributed by atoms with van der Waals surface area (Å²) in [6, 6.07) is 6.93. The van der Waals surface area contributed by atoms with E-state index < -0.39 is 46.3 Å². The first-order valence-corrected chi connectivity index (χ1v) is 12.3. The minimum absolute atomic E-state index is 0.249. The molecule has 3 amide bonds. The highest BCUT2D eigenvalue weighted by Crippen LogP contribution is 2.40. The number of thioether (sulfide) groups is 1. The van der Waals surface area contributed by atoms with Crippen molar-refractivity contribution < 1.29 is 19.5 Å². The Labute approximate surface area is 201 Å². The second-order valence-corrected chi connectivity index (χ2v) is 11.7. The molecule has 1 heterocycles. The number of benzene rings is 1. The van der Waals surface area contributed by atoms with Crippen LogP contribution in [0.2, 0.25) is 0 Å². The highest BCUT2D eigenvalue weighted by molar-refractivity contribution is 8.00. The monoisotopic (exact) mass is 478 g/mol. The fourth-order valence-corrected chi connectivity index (χ4v) is 4.92. The number of rotatable bonds is 8. The molecule has 0 radical (unpaired) electrons. The van der Waals surface area contributed by atoms with Gasteiger partial charge in [-0.05, 0) is 53.0 Å². The number of nitrogens with two attached hydrogens (primary N) is 1. The molecule has 4 atom stereocenters. The first kappa shape index (κ1) is 27.1. The fourth-order valence-electron chi connectivity index (χ4n) is 3.78. The molecule has 5 N–H and O–H groups in total. The van der Waals surface area contributed by atoms with Crippen LogP contribution in [0.4, 0.5) is 0 Å². The van der Waals surface area contributed by atoms with Crippen molar-refractivity contribution in [1.29, 1.82) is 0 Å². The molecule has 2 unspecified atom stereocenters. The zero-order valence-corrected chi connectivity index (χ0v) is 21.2. The zero-order valence-electron chi connectivity index (χ0n) is 20.4. The van der Waals surface area contributed by atoms with Crippen molar-refractivity contribution in [2.45, 2.75) is 88.9 Å². The van der Waals surface area contributed by atoms with Crippen molar-refractivity contribution in [2.24, 2.45) is 5.73 Å². The number of amides is 3. The van der Waals surface area contributed by atoms with Crippen LogP contribution in [0.5, 0.6) is 0 Å². The van der Waals surface area contributed by atoms with Gasteiger partial charge < -0.3 is 26.4 Å². The summed E-state index contributed by atoms with van der Waals surface area (Å²) in [4.78, 5) is 40.5. The third-order valence-electron chi connectivity index (χ3n) is 5.61. The predicted octanol–water partition coefficient (Wildman–Crippen LogP) is 1.41. The lowest BCUT2D eigenvalue weighted by molar-refractivity contribution is -0.148. The van der Waals surface area contributed by atoms with Gasteiger partial charge in [0.2, 0.25) is 11.8 Å². The van der Waals surface area contributed by atoms with Crippen LogP contribution < -0.4 is 16.4 Å². The van der Waals surface area contributed by atoms with Gasteiger partial charge in [-0.2, -0.15) is 0 Å². The first-order chi connectivity index (χ1) is 15.3. The first-order valence-electron chi connectivity index (χ1n) is 11.3. The summed E-state index contributed by atoms with van der Waals surface area (Å²) in [7, 11) is 0. The Kier molecular flexibility index (Phi) is 8.95. The van der Waals surface area contributed by atoms with Crippen molar-refractivity contribution in [3.8, 4) is 0 Å². The molecular formula is C24H38N4O4S. The van der Waals surface area contributed by atoms with E-state index in [1.54, 1.807) is 6.92 Å². The van der Waals surface area contributed by atoms with Crippen LogP contribution in [0.15, 0.2) is 30.3 Å². The molecule has 0 aromatic heterocycles. The molecule has 1 aromatic carbocycles. The van der Waals surface area contributed by atoms with Crippen LogP contribution in [0, 0.1) is 0 Å². The van der Waals surface area contributed by atoms with Crippen molar-refractivity contribution in [3.05, 3.63) is 35.9 Å². The molecule has 0 spiro atoms. The van der Waals surface area contributed by atoms with Gasteiger partial charge in [0.25, 0.3) is 5.91 Å². The minimum atomic E-state index is -1.53. The van der Waals surface area contributed by atoms with E-state index >= 15 is 0 Å². The van der Waals surface area contributed by atoms with Gasteiger partial charge in [0, 0.05) is 10.3 Å². The molecule has 0 aliphatic carbocycles. The average Bonchev–Trinajstić information content (AvgIpc) is 3.06. The maximum atomic E-state index is 13.5. The molecule has 0 bridgehead atoms. The summed E-state index contributed by atoms with van der Waals surface area (Å²) in [6.07, 6.45) is -0.850. The maximum Gasteiger partial charge on any atom is 0.254 e. The van der Waals surface area contributed by atoms with Crippen molar-refractivity contribution in [2.75, 3.05) is 5.88 Å². The number of carbonyl (C=O) groups is 3. The van der Waals surface area contributed by atoms with E-state index in [2.05, 4.69) is 10.6 Å². The zero-order chi connectivity index (χ0) is 25.0. The summed E-state index contributed by atoms with van der Waals surface area (Å²) >= 11 is 1.48. The molecule has 1 aromatic rings. The maximum absolute atomic E-state index is 13.5. The van der Waals surface area contributed by atoms with Gasteiger partial charge in [0.1, 0.15) is 6.04 Å². The van der Waals surface area contributed by atoms with Crippen LogP contribution in [0.3, 0.4) is 0 Å². The Morgan fingerprint density at radius 1 is 1.24 bits per heavy atom. The summed E-state index contributed by atoms with van der Waals surface area (Å²) in [5, 5.41) is 16.8. The van der Waals surface area contributed by atoms with Crippen LogP contribution >= 0.6 is 11.8 Å². The molecule has 1 fully saturated rings. The van der Waals surface area contributed by atoms with Gasteiger partial charge in [0.15, 0.2) is 6.10 Å². The Bertz CT molecular complexity index is 841. The minimum Gasteiger partial charge on any atom is -0.381 e. The topological polar surface area (TPSA) is 125 Å². The summed E-state index contributed by atoms with van der Waals surface area (Å²) in [5.41, 5.74) is 6.26. The van der Waals surface area contributed by atoms with E-state index in [0.29, 0.717) is 6.42 Å². The lowest BCUT2D eigenvalue weighted by Crippen LogP contribution is -2.61. The smallest absolute Gasteiger partial charge is 0.254 e. The number of nitrogens with one attached hydrogen (secondary N) is 2. The van der Waals surface area contributed by atoms with Crippen molar-refractivity contribution in [3.63, 3.8) is 0 Å². The Morgan fingerprint density at radius 3 is 2.39 bits per heavy atom. The molecule has 1 saturated heterocycles. The Balaban J connectivity index is 2.29. The number of nitrogens with zero attached hydrogens (tertiary/aromatic N) is 1. The molecule has 8 nitrogen and oxygen atoms in total. The number of carbonyl (C=O) groups excluding carboxylic acids is 3. The lowest BCUT2D eigenvalue weighted by atomic mass is 9.96. The summed E-state index contributed by atoms with van der Waals surface area (Å²) in [6.45, 7) is 11.2. The van der Waals surface area contributed by atoms with Crippen LogP contribution in [-0.2, 0) is 20.8 Å². The third-order valence-corrected chi connectivity index (χ3v) is 6.99. The van der Waals surface area contributed by atoms with Gasteiger partial charge in [-0.25, -0.2) is 0 Å². The highest BCUT2D eigenvalue weighted by Gasteiger charge is 2.50. The summed E-state index contributed by atoms with van der Waals surface area (Å²) < 4.78 is -0.534. The number of aliphatic hydroxyl groups is 1. The molecule has 33 heavy (non-hydrogen) atoms. The molecule has 184 valence electrons. The van der Waals surface area contributed by atoms with E-state index in [1.807, 2.05) is 65.0 Å². The van der Waals surface area contributed by atoms with Gasteiger partial charge in [-0.1, -0.05) is 37.3 Å². The van der Waals surface area contributed by atoms with E-state index in [1.165, 1.54) is 16.7 Å². The Hall–Kier alpha value is -2.10. The van der Waals surface area contributed by atoms with Gasteiger partial charge in [0.05, 0.1) is 18.0 Å². The quantitative estimate of drug-likeness (QED) is 0.448. The molecular weight excluding hydrogens is 440 g/mol. The van der Waals surface area contributed by atoms with Crippen molar-refractivity contribution in [1.82, 2.24) is 15.5 Å². The van der Waals surface area contributed by atoms with E-state index in [0.717, 1.165) is 5.56 Å². The Morgan fingerprint density at radius 2 is 1.85 bits per heavy atom. The van der Waals surface area contributed by atoms with Gasteiger partial charge >= 0.3 is 0 Å². The van der Waals surface area contributed by atoms with Crippen LogP contribution in [0.25, 0.3) is 0 Å². The van der Waals surface area contributed by atoms with E-state index in [9.17, 15) is 19.5 Å². The van der Waals surface area contributed by atoms with Gasteiger partial charge in [-0.3, -0.25) is 14.4 Å². The molecule has 0 saturated carbocycles. The normalized spacial score (nSPS) is 20.6. The van der Waals surface area contributed by atoms with Crippen LogP contribution in [-0.4, -0.2) is 68.1 Å². The SMILES string of the molecule is CCC(N)C(=O)N[C@@H](Cc1ccccc1)[C@H](O)C(=O)N1CSC(C)(C)C1C(=O)NC(C)(C)C. The number of hydrogen-bond acceptors (Lipinski definition) is 6. The molecule has 2 rings (SSSR count).